The summed E-state index contributed by atoms with van der Waals surface area (Å²) >= 11 is 0. The van der Waals surface area contributed by atoms with Gasteiger partial charge in [0, 0.05) is 6.61 Å². The van der Waals surface area contributed by atoms with Gasteiger partial charge in [-0.1, -0.05) is 26.7 Å². The van der Waals surface area contributed by atoms with Crippen LogP contribution < -0.4 is 5.73 Å². The maximum absolute atomic E-state index is 12.4. The van der Waals surface area contributed by atoms with Crippen LogP contribution in [0.25, 0.3) is 0 Å². The minimum Gasteiger partial charge on any atom is -0.396 e. The summed E-state index contributed by atoms with van der Waals surface area (Å²) in [4.78, 5) is 0. The molecule has 0 aromatic rings. The van der Waals surface area contributed by atoms with Crippen LogP contribution in [0.3, 0.4) is 0 Å². The third kappa shape index (κ3) is 7.17. The van der Waals surface area contributed by atoms with Gasteiger partial charge in [-0.3, -0.25) is 4.57 Å². The number of rotatable bonds is 11. The number of hydrogen-bond donors (Lipinski definition) is 2. The van der Waals surface area contributed by atoms with Crippen molar-refractivity contribution in [2.75, 3.05) is 19.8 Å². The van der Waals surface area contributed by atoms with Crippen LogP contribution in [-0.4, -0.2) is 30.7 Å². The van der Waals surface area contributed by atoms with Gasteiger partial charge in [0.05, 0.1) is 13.2 Å². The fourth-order valence-corrected chi connectivity index (χ4v) is 2.85. The van der Waals surface area contributed by atoms with Crippen LogP contribution in [0.4, 0.5) is 0 Å². The van der Waals surface area contributed by atoms with Gasteiger partial charge in [0.15, 0.2) is 0 Å². The molecule has 0 saturated carbocycles. The van der Waals surface area contributed by atoms with E-state index in [9.17, 15) is 4.57 Å². The smallest absolute Gasteiger partial charge is 0.347 e. The van der Waals surface area contributed by atoms with E-state index in [4.69, 9.17) is 19.9 Å². The fourth-order valence-electron chi connectivity index (χ4n) is 1.19. The van der Waals surface area contributed by atoms with Crippen LogP contribution in [0.5, 0.6) is 0 Å². The first kappa shape index (κ1) is 17.1. The molecule has 0 aliphatic heterocycles. The summed E-state index contributed by atoms with van der Waals surface area (Å²) in [5.41, 5.74) is 5.75. The average Bonchev–Trinajstić information content (AvgIpc) is 2.30. The zero-order valence-electron chi connectivity index (χ0n) is 10.9. The summed E-state index contributed by atoms with van der Waals surface area (Å²) in [5, 5.41) is 8.83. The molecule has 0 radical (unpaired) electrons. The minimum atomic E-state index is -3.27. The van der Waals surface area contributed by atoms with Crippen molar-refractivity contribution < 1.29 is 18.7 Å². The first-order valence-electron chi connectivity index (χ1n) is 6.36. The predicted molar refractivity (Wildman–Crippen MR) is 69.0 cm³/mol. The molecule has 0 rings (SSSR count). The standard InChI is InChI=1S/C11H26NO4P/c1-3-5-9-15-17(14,11(12)7-8-13)16-10-6-4-2/h11,13H,3-10,12H2,1-2H3. The SMILES string of the molecule is CCCCOP(=O)(OCCCC)C(N)CCO. The van der Waals surface area contributed by atoms with Crippen molar-refractivity contribution >= 4 is 7.60 Å². The largest absolute Gasteiger partial charge is 0.396 e. The Morgan fingerprint density at radius 2 is 1.65 bits per heavy atom. The molecule has 0 bridgehead atoms. The number of aliphatic hydroxyl groups is 1. The molecule has 3 N–H and O–H groups in total. The van der Waals surface area contributed by atoms with Crippen molar-refractivity contribution in [2.45, 2.75) is 51.7 Å². The van der Waals surface area contributed by atoms with E-state index >= 15 is 0 Å². The van der Waals surface area contributed by atoms with Crippen molar-refractivity contribution in [3.63, 3.8) is 0 Å². The van der Waals surface area contributed by atoms with E-state index in [1.165, 1.54) is 0 Å². The second kappa shape index (κ2) is 10.0. The Kier molecular flexibility index (Phi) is 10.1. The normalized spacial score (nSPS) is 13.9. The number of unbranched alkanes of at least 4 members (excludes halogenated alkanes) is 2. The topological polar surface area (TPSA) is 81.8 Å². The summed E-state index contributed by atoms with van der Waals surface area (Å²) in [6.45, 7) is 4.72. The molecular weight excluding hydrogens is 241 g/mol. The molecule has 0 aromatic heterocycles. The average molecular weight is 267 g/mol. The molecule has 0 spiro atoms. The molecule has 0 aliphatic carbocycles. The summed E-state index contributed by atoms with van der Waals surface area (Å²) in [6, 6.07) is 0. The molecule has 5 nitrogen and oxygen atoms in total. The fraction of sp³-hybridized carbons (Fsp3) is 1.00. The summed E-state index contributed by atoms with van der Waals surface area (Å²) in [5.74, 6) is -0.735. The third-order valence-corrected chi connectivity index (χ3v) is 4.52. The summed E-state index contributed by atoms with van der Waals surface area (Å²) < 4.78 is 23.0. The molecule has 1 atom stereocenters. The lowest BCUT2D eigenvalue weighted by atomic mass is 10.4. The molecule has 0 fully saturated rings. The van der Waals surface area contributed by atoms with Gasteiger partial charge < -0.3 is 19.9 Å². The van der Waals surface area contributed by atoms with Gasteiger partial charge >= 0.3 is 7.60 Å². The third-order valence-electron chi connectivity index (χ3n) is 2.37. The number of hydrogen-bond acceptors (Lipinski definition) is 5. The Balaban J connectivity index is 4.28. The predicted octanol–water partition coefficient (Wildman–Crippen LogP) is 2.48. The zero-order valence-corrected chi connectivity index (χ0v) is 11.8. The molecule has 1 unspecified atom stereocenters. The van der Waals surface area contributed by atoms with E-state index in [0.29, 0.717) is 13.2 Å². The van der Waals surface area contributed by atoms with Crippen LogP contribution in [0.2, 0.25) is 0 Å². The highest BCUT2D eigenvalue weighted by molar-refractivity contribution is 7.54. The van der Waals surface area contributed by atoms with Crippen molar-refractivity contribution in [3.8, 4) is 0 Å². The lowest BCUT2D eigenvalue weighted by molar-refractivity contribution is 0.186. The van der Waals surface area contributed by atoms with E-state index in [1.807, 2.05) is 13.8 Å². The van der Waals surface area contributed by atoms with Gasteiger partial charge in [-0.15, -0.1) is 0 Å². The Morgan fingerprint density at radius 1 is 1.18 bits per heavy atom. The lowest BCUT2D eigenvalue weighted by Crippen LogP contribution is -2.24. The number of aliphatic hydroxyl groups excluding tert-OH is 1. The molecule has 0 amide bonds. The lowest BCUT2D eigenvalue weighted by Gasteiger charge is -2.23. The summed E-state index contributed by atoms with van der Waals surface area (Å²) in [7, 11) is -3.27. The Morgan fingerprint density at radius 3 is 2.00 bits per heavy atom. The summed E-state index contributed by atoms with van der Waals surface area (Å²) in [6.07, 6.45) is 3.81. The molecule has 104 valence electrons. The van der Waals surface area contributed by atoms with Gasteiger partial charge in [-0.05, 0) is 19.3 Å². The van der Waals surface area contributed by atoms with Gasteiger partial charge in [0.1, 0.15) is 5.78 Å². The maximum atomic E-state index is 12.4. The maximum Gasteiger partial charge on any atom is 0.347 e. The van der Waals surface area contributed by atoms with Gasteiger partial charge in [-0.25, -0.2) is 0 Å². The first-order chi connectivity index (χ1) is 8.10. The van der Waals surface area contributed by atoms with Crippen molar-refractivity contribution in [1.82, 2.24) is 0 Å². The van der Waals surface area contributed by atoms with E-state index in [1.54, 1.807) is 0 Å². The Hall–Kier alpha value is 0.0700. The second-order valence-corrected chi connectivity index (χ2v) is 6.25. The highest BCUT2D eigenvalue weighted by Gasteiger charge is 2.32. The molecule has 0 saturated heterocycles. The molecule has 0 aliphatic rings. The highest BCUT2D eigenvalue weighted by atomic mass is 31.2. The second-order valence-electron chi connectivity index (χ2n) is 3.99. The minimum absolute atomic E-state index is 0.112. The van der Waals surface area contributed by atoms with Crippen LogP contribution in [0.1, 0.15) is 46.0 Å². The van der Waals surface area contributed by atoms with E-state index < -0.39 is 13.4 Å². The van der Waals surface area contributed by atoms with E-state index in [-0.39, 0.29) is 13.0 Å². The highest BCUT2D eigenvalue weighted by Crippen LogP contribution is 2.52. The van der Waals surface area contributed by atoms with Gasteiger partial charge in [0.25, 0.3) is 0 Å². The van der Waals surface area contributed by atoms with Crippen LogP contribution in [-0.2, 0) is 13.6 Å². The quantitative estimate of drug-likeness (QED) is 0.444. The zero-order chi connectivity index (χ0) is 13.1. The number of nitrogens with two attached hydrogens (primary N) is 1. The van der Waals surface area contributed by atoms with Crippen molar-refractivity contribution in [1.29, 1.82) is 0 Å². The molecular formula is C11H26NO4P. The Labute approximate surface area is 104 Å². The Bertz CT molecular complexity index is 212. The van der Waals surface area contributed by atoms with Gasteiger partial charge in [0.2, 0.25) is 0 Å². The first-order valence-corrected chi connectivity index (χ1v) is 7.97. The van der Waals surface area contributed by atoms with Crippen LogP contribution >= 0.6 is 7.60 Å². The molecule has 0 heterocycles. The molecule has 0 aromatic carbocycles. The van der Waals surface area contributed by atoms with E-state index in [2.05, 4.69) is 0 Å². The molecule has 6 heteroatoms. The van der Waals surface area contributed by atoms with E-state index in [0.717, 1.165) is 25.7 Å². The van der Waals surface area contributed by atoms with Crippen LogP contribution in [0, 0.1) is 0 Å². The monoisotopic (exact) mass is 267 g/mol. The van der Waals surface area contributed by atoms with Gasteiger partial charge in [-0.2, -0.15) is 0 Å². The van der Waals surface area contributed by atoms with Crippen molar-refractivity contribution in [2.24, 2.45) is 5.73 Å². The van der Waals surface area contributed by atoms with Crippen molar-refractivity contribution in [3.05, 3.63) is 0 Å². The van der Waals surface area contributed by atoms with Crippen LogP contribution in [0.15, 0.2) is 0 Å². The molecule has 17 heavy (non-hydrogen) atoms.